The summed E-state index contributed by atoms with van der Waals surface area (Å²) in [7, 11) is 0. The number of likely N-dealkylation sites (tertiary alicyclic amines) is 1. The molecular formula is C13H24N2O3. The van der Waals surface area contributed by atoms with E-state index in [1.165, 1.54) is 6.42 Å². The Balaban J connectivity index is 2.31. The molecule has 1 unspecified atom stereocenters. The normalized spacial score (nSPS) is 23.8. The molecule has 5 nitrogen and oxygen atoms in total. The second-order valence-corrected chi connectivity index (χ2v) is 5.42. The van der Waals surface area contributed by atoms with Crippen LogP contribution in [0.3, 0.4) is 0 Å². The Bertz CT molecular complexity index is 307. The number of aliphatic carboxylic acids is 1. The highest BCUT2D eigenvalue weighted by molar-refractivity contribution is 5.74. The van der Waals surface area contributed by atoms with Gasteiger partial charge in [0.15, 0.2) is 0 Å². The molecule has 0 aromatic rings. The van der Waals surface area contributed by atoms with Crippen molar-refractivity contribution >= 4 is 12.0 Å². The molecule has 0 aromatic heterocycles. The van der Waals surface area contributed by atoms with Crippen LogP contribution in [0.5, 0.6) is 0 Å². The van der Waals surface area contributed by atoms with Crippen molar-refractivity contribution in [1.29, 1.82) is 0 Å². The van der Waals surface area contributed by atoms with E-state index in [9.17, 15) is 9.59 Å². The Morgan fingerprint density at radius 1 is 1.44 bits per heavy atom. The summed E-state index contributed by atoms with van der Waals surface area (Å²) in [5, 5.41) is 11.3. The largest absolute Gasteiger partial charge is 0.481 e. The van der Waals surface area contributed by atoms with Gasteiger partial charge in [-0.1, -0.05) is 13.8 Å². The van der Waals surface area contributed by atoms with Crippen LogP contribution in [-0.4, -0.2) is 41.6 Å². The van der Waals surface area contributed by atoms with Gasteiger partial charge in [0, 0.05) is 26.1 Å². The molecule has 5 heteroatoms. The summed E-state index contributed by atoms with van der Waals surface area (Å²) in [6.45, 7) is 6.42. The third-order valence-corrected chi connectivity index (χ3v) is 3.77. The Morgan fingerprint density at radius 3 is 2.78 bits per heavy atom. The third-order valence-electron chi connectivity index (χ3n) is 3.77. The molecule has 1 rings (SSSR count). The Morgan fingerprint density at radius 2 is 2.17 bits per heavy atom. The van der Waals surface area contributed by atoms with Crippen LogP contribution in [0.15, 0.2) is 0 Å². The van der Waals surface area contributed by atoms with E-state index in [1.54, 1.807) is 0 Å². The lowest BCUT2D eigenvalue weighted by Crippen LogP contribution is -2.48. The van der Waals surface area contributed by atoms with Crippen molar-refractivity contribution in [2.24, 2.45) is 5.41 Å². The van der Waals surface area contributed by atoms with E-state index >= 15 is 0 Å². The molecule has 1 aliphatic rings. The van der Waals surface area contributed by atoms with Crippen molar-refractivity contribution in [2.75, 3.05) is 19.6 Å². The summed E-state index contributed by atoms with van der Waals surface area (Å²) in [5.41, 5.74) is 0.233. The number of hydrogen-bond donors (Lipinski definition) is 2. The average Bonchev–Trinajstić information content (AvgIpc) is 2.34. The molecule has 2 N–H and O–H groups in total. The van der Waals surface area contributed by atoms with Crippen molar-refractivity contribution in [3.05, 3.63) is 0 Å². The molecule has 2 amide bonds. The number of nitrogens with one attached hydrogen (secondary N) is 1. The fourth-order valence-corrected chi connectivity index (χ4v) is 2.32. The van der Waals surface area contributed by atoms with Gasteiger partial charge in [-0.2, -0.15) is 0 Å². The number of rotatable bonds is 5. The number of amides is 2. The first-order chi connectivity index (χ1) is 8.47. The van der Waals surface area contributed by atoms with Crippen LogP contribution in [0, 0.1) is 5.41 Å². The summed E-state index contributed by atoms with van der Waals surface area (Å²) in [5.74, 6) is -0.819. The molecule has 1 aliphatic heterocycles. The number of urea groups is 1. The zero-order chi connectivity index (χ0) is 13.6. The number of hydrogen-bond acceptors (Lipinski definition) is 2. The van der Waals surface area contributed by atoms with Crippen LogP contribution in [-0.2, 0) is 4.79 Å². The van der Waals surface area contributed by atoms with E-state index in [1.807, 2.05) is 4.90 Å². The summed E-state index contributed by atoms with van der Waals surface area (Å²) in [6, 6.07) is -0.0558. The van der Waals surface area contributed by atoms with Crippen molar-refractivity contribution in [2.45, 2.75) is 46.0 Å². The van der Waals surface area contributed by atoms with E-state index in [-0.39, 0.29) is 17.9 Å². The standard InChI is InChI=1S/C13H24N2O3/c1-3-13(2)7-5-9-15(10-13)12(18)14-8-4-6-11(16)17/h3-10H2,1-2H3,(H,14,18)(H,16,17). The molecule has 0 aliphatic carbocycles. The van der Waals surface area contributed by atoms with E-state index in [0.29, 0.717) is 13.0 Å². The first-order valence-corrected chi connectivity index (χ1v) is 6.71. The van der Waals surface area contributed by atoms with Crippen LogP contribution in [0.2, 0.25) is 0 Å². The quantitative estimate of drug-likeness (QED) is 0.740. The zero-order valence-electron chi connectivity index (χ0n) is 11.4. The first-order valence-electron chi connectivity index (χ1n) is 6.71. The van der Waals surface area contributed by atoms with Gasteiger partial charge < -0.3 is 15.3 Å². The molecule has 1 atom stereocenters. The zero-order valence-corrected chi connectivity index (χ0v) is 11.4. The van der Waals surface area contributed by atoms with Crippen molar-refractivity contribution in [3.63, 3.8) is 0 Å². The molecule has 1 fully saturated rings. The fourth-order valence-electron chi connectivity index (χ4n) is 2.32. The van der Waals surface area contributed by atoms with Crippen LogP contribution >= 0.6 is 0 Å². The fraction of sp³-hybridized carbons (Fsp3) is 0.846. The maximum absolute atomic E-state index is 11.9. The van der Waals surface area contributed by atoms with Crippen LogP contribution in [0.25, 0.3) is 0 Å². The highest BCUT2D eigenvalue weighted by atomic mass is 16.4. The predicted octanol–water partition coefficient (Wildman–Crippen LogP) is 2.07. The van der Waals surface area contributed by atoms with E-state index in [0.717, 1.165) is 25.9 Å². The SMILES string of the molecule is CCC1(C)CCCN(C(=O)NCCCC(=O)O)C1. The minimum absolute atomic E-state index is 0.0558. The lowest BCUT2D eigenvalue weighted by Gasteiger charge is -2.39. The smallest absolute Gasteiger partial charge is 0.317 e. The van der Waals surface area contributed by atoms with E-state index in [4.69, 9.17) is 5.11 Å². The molecule has 104 valence electrons. The number of carboxylic acids is 1. The van der Waals surface area contributed by atoms with Gasteiger partial charge in [0.25, 0.3) is 0 Å². The Kier molecular flexibility index (Phi) is 5.44. The number of carbonyl (C=O) groups excluding carboxylic acids is 1. The van der Waals surface area contributed by atoms with Crippen molar-refractivity contribution < 1.29 is 14.7 Å². The van der Waals surface area contributed by atoms with Gasteiger partial charge in [0.2, 0.25) is 0 Å². The number of nitrogens with zero attached hydrogens (tertiary/aromatic N) is 1. The molecule has 0 bridgehead atoms. The molecule has 0 radical (unpaired) electrons. The minimum Gasteiger partial charge on any atom is -0.481 e. The number of carboxylic acid groups (broad SMARTS) is 1. The molecule has 0 aromatic carbocycles. The van der Waals surface area contributed by atoms with Gasteiger partial charge in [0.05, 0.1) is 0 Å². The maximum atomic E-state index is 11.9. The van der Waals surface area contributed by atoms with E-state index in [2.05, 4.69) is 19.2 Å². The average molecular weight is 256 g/mol. The number of carbonyl (C=O) groups is 2. The summed E-state index contributed by atoms with van der Waals surface area (Å²) < 4.78 is 0. The molecule has 0 saturated carbocycles. The summed E-state index contributed by atoms with van der Waals surface area (Å²) in [4.78, 5) is 24.1. The van der Waals surface area contributed by atoms with Gasteiger partial charge >= 0.3 is 12.0 Å². The first kappa shape index (κ1) is 14.8. The number of piperidine rings is 1. The van der Waals surface area contributed by atoms with Crippen LogP contribution < -0.4 is 5.32 Å². The van der Waals surface area contributed by atoms with Gasteiger partial charge in [0.1, 0.15) is 0 Å². The van der Waals surface area contributed by atoms with E-state index < -0.39 is 5.97 Å². The Labute approximate surface area is 109 Å². The molecule has 1 heterocycles. The highest BCUT2D eigenvalue weighted by Crippen LogP contribution is 2.32. The summed E-state index contributed by atoms with van der Waals surface area (Å²) >= 11 is 0. The topological polar surface area (TPSA) is 69.6 Å². The van der Waals surface area contributed by atoms with Crippen LogP contribution in [0.4, 0.5) is 4.79 Å². The predicted molar refractivity (Wildman–Crippen MR) is 69.5 cm³/mol. The van der Waals surface area contributed by atoms with Crippen molar-refractivity contribution in [1.82, 2.24) is 10.2 Å². The molecule has 18 heavy (non-hydrogen) atoms. The third kappa shape index (κ3) is 4.55. The van der Waals surface area contributed by atoms with Gasteiger partial charge in [-0.15, -0.1) is 0 Å². The monoisotopic (exact) mass is 256 g/mol. The highest BCUT2D eigenvalue weighted by Gasteiger charge is 2.31. The second kappa shape index (κ2) is 6.61. The van der Waals surface area contributed by atoms with Crippen LogP contribution in [0.1, 0.15) is 46.0 Å². The molecule has 0 spiro atoms. The summed E-state index contributed by atoms with van der Waals surface area (Å²) in [6.07, 6.45) is 3.89. The minimum atomic E-state index is -0.819. The maximum Gasteiger partial charge on any atom is 0.317 e. The second-order valence-electron chi connectivity index (χ2n) is 5.42. The Hall–Kier alpha value is -1.26. The lowest BCUT2D eigenvalue weighted by molar-refractivity contribution is -0.137. The lowest BCUT2D eigenvalue weighted by atomic mass is 9.80. The van der Waals surface area contributed by atoms with Gasteiger partial charge in [-0.05, 0) is 31.1 Å². The molecular weight excluding hydrogens is 232 g/mol. The van der Waals surface area contributed by atoms with Gasteiger partial charge in [-0.3, -0.25) is 4.79 Å². The molecule has 1 saturated heterocycles. The van der Waals surface area contributed by atoms with Gasteiger partial charge in [-0.25, -0.2) is 4.79 Å². The van der Waals surface area contributed by atoms with Crippen molar-refractivity contribution in [3.8, 4) is 0 Å².